The molecular formula is C10H9ClN5Na2O5P. The summed E-state index contributed by atoms with van der Waals surface area (Å²) in [4.78, 5) is 33.0. The van der Waals surface area contributed by atoms with Gasteiger partial charge in [0.15, 0.2) is 24.0 Å². The molecule has 14 heteroatoms. The summed E-state index contributed by atoms with van der Waals surface area (Å²) in [5.41, 5.74) is 6.41. The summed E-state index contributed by atoms with van der Waals surface area (Å²) in [6.07, 6.45) is 1.92. The monoisotopic (exact) mass is 391 g/mol. The van der Waals surface area contributed by atoms with Gasteiger partial charge in [0, 0.05) is 0 Å². The second kappa shape index (κ2) is 8.90. The van der Waals surface area contributed by atoms with Crippen LogP contribution >= 0.6 is 19.2 Å². The van der Waals surface area contributed by atoms with E-state index < -0.39 is 26.5 Å². The molecule has 2 atom stereocenters. The van der Waals surface area contributed by atoms with Crippen LogP contribution in [0.5, 0.6) is 0 Å². The van der Waals surface area contributed by atoms with Gasteiger partial charge in [-0.1, -0.05) is 0 Å². The maximum absolute atomic E-state index is 10.6. The number of anilines is 1. The van der Waals surface area contributed by atoms with Gasteiger partial charge in [0.25, 0.3) is 0 Å². The molecule has 10 nitrogen and oxygen atoms in total. The van der Waals surface area contributed by atoms with Crippen molar-refractivity contribution in [2.45, 2.75) is 12.5 Å². The largest absolute Gasteiger partial charge is 1.00 e. The second-order valence-corrected chi connectivity index (χ2v) is 6.21. The molecule has 2 N–H and O–H groups in total. The van der Waals surface area contributed by atoms with Gasteiger partial charge in [-0.3, -0.25) is 4.57 Å². The van der Waals surface area contributed by atoms with Crippen LogP contribution in [0.4, 0.5) is 5.82 Å². The van der Waals surface area contributed by atoms with E-state index in [4.69, 9.17) is 26.8 Å². The molecule has 0 unspecified atom stereocenters. The van der Waals surface area contributed by atoms with Crippen molar-refractivity contribution in [3.05, 3.63) is 23.8 Å². The van der Waals surface area contributed by atoms with E-state index in [0.29, 0.717) is 11.2 Å². The molecule has 2 aromatic heterocycles. The average Bonchev–Trinajstić information content (AvgIpc) is 3.01. The van der Waals surface area contributed by atoms with E-state index in [1.165, 1.54) is 17.0 Å². The number of fused-ring (bicyclic) bond motifs is 1. The van der Waals surface area contributed by atoms with Gasteiger partial charge in [-0.15, -0.1) is 0 Å². The first-order chi connectivity index (χ1) is 10.3. The summed E-state index contributed by atoms with van der Waals surface area (Å²) in [5.74, 6) is 0.127. The van der Waals surface area contributed by atoms with Crippen molar-refractivity contribution in [3.63, 3.8) is 0 Å². The van der Waals surface area contributed by atoms with Crippen LogP contribution in [0.1, 0.15) is 6.23 Å². The Morgan fingerprint density at radius 3 is 2.75 bits per heavy atom. The number of halogens is 1. The second-order valence-electron chi connectivity index (χ2n) is 4.39. The molecule has 0 spiro atoms. The molecule has 0 bridgehead atoms. The fourth-order valence-corrected chi connectivity index (χ4v) is 2.43. The molecule has 1 aliphatic heterocycles. The van der Waals surface area contributed by atoms with Gasteiger partial charge in [-0.25, -0.2) is 4.98 Å². The zero-order valence-electron chi connectivity index (χ0n) is 12.8. The van der Waals surface area contributed by atoms with Crippen molar-refractivity contribution in [2.24, 2.45) is 0 Å². The molecule has 3 heterocycles. The first-order valence-corrected chi connectivity index (χ1v) is 8.06. The summed E-state index contributed by atoms with van der Waals surface area (Å²) >= 11 is 5.76. The van der Waals surface area contributed by atoms with Crippen molar-refractivity contribution < 1.29 is 82.9 Å². The molecular weight excluding hydrogens is 383 g/mol. The summed E-state index contributed by atoms with van der Waals surface area (Å²) in [7, 11) is -4.76. The Bertz CT molecular complexity index is 799. The van der Waals surface area contributed by atoms with Gasteiger partial charge in [0.2, 0.25) is 5.28 Å². The van der Waals surface area contributed by atoms with Gasteiger partial charge < -0.3 is 29.6 Å². The summed E-state index contributed by atoms with van der Waals surface area (Å²) < 4.78 is 22.4. The Balaban J connectivity index is 0.00000144. The molecule has 0 aromatic carbocycles. The molecule has 0 radical (unpaired) electrons. The van der Waals surface area contributed by atoms with E-state index in [1.54, 1.807) is 6.08 Å². The van der Waals surface area contributed by atoms with Crippen molar-refractivity contribution in [3.8, 4) is 0 Å². The first kappa shape index (κ1) is 22.5. The van der Waals surface area contributed by atoms with Gasteiger partial charge in [0.05, 0.1) is 12.7 Å². The van der Waals surface area contributed by atoms with Gasteiger partial charge in [0.1, 0.15) is 5.52 Å². The third kappa shape index (κ3) is 5.23. The summed E-state index contributed by atoms with van der Waals surface area (Å²) in [5, 5.41) is -0.0415. The number of hydrogen-bond acceptors (Lipinski definition) is 9. The first-order valence-electron chi connectivity index (χ1n) is 5.95. The number of ether oxygens (including phenoxy) is 2. The Labute approximate surface area is 185 Å². The van der Waals surface area contributed by atoms with Crippen LogP contribution in [0.25, 0.3) is 11.2 Å². The fourth-order valence-electron chi connectivity index (χ4n) is 1.93. The minimum Gasteiger partial charge on any atom is -0.809 e. The smallest absolute Gasteiger partial charge is 0.809 e. The topological polar surface area (TPSA) is 151 Å². The third-order valence-electron chi connectivity index (χ3n) is 2.80. The maximum atomic E-state index is 10.6. The predicted molar refractivity (Wildman–Crippen MR) is 71.4 cm³/mol. The summed E-state index contributed by atoms with van der Waals surface area (Å²) in [6.45, 7) is 0. The van der Waals surface area contributed by atoms with E-state index in [-0.39, 0.29) is 70.2 Å². The zero-order chi connectivity index (χ0) is 15.9. The van der Waals surface area contributed by atoms with Crippen molar-refractivity contribution in [1.82, 2.24) is 19.5 Å². The van der Waals surface area contributed by atoms with Gasteiger partial charge in [-0.05, 0) is 31.3 Å². The molecule has 24 heavy (non-hydrogen) atoms. The number of nitrogens with two attached hydrogens (primary N) is 1. The van der Waals surface area contributed by atoms with E-state index >= 15 is 0 Å². The molecule has 1 aliphatic rings. The van der Waals surface area contributed by atoms with Crippen LogP contribution < -0.4 is 74.6 Å². The number of aromatic nitrogens is 4. The Hall–Kier alpha value is 0.450. The minimum atomic E-state index is -4.76. The van der Waals surface area contributed by atoms with Crippen LogP contribution in [0.2, 0.25) is 5.28 Å². The third-order valence-corrected chi connectivity index (χ3v) is 3.43. The molecule has 118 valence electrons. The van der Waals surface area contributed by atoms with Gasteiger partial charge in [-0.2, -0.15) is 9.97 Å². The molecule has 0 saturated heterocycles. The predicted octanol–water partition coefficient (Wildman–Crippen LogP) is -6.63. The van der Waals surface area contributed by atoms with Crippen LogP contribution in [0.15, 0.2) is 18.5 Å². The standard InChI is InChI=1S/C10H11ClN5O5P.2Na/c11-10-14-8(12)7-9(15-10)16(3-13-7)5-1-2-6(21-5)20-4-22(17,18)19;;/h1-3,5-6H,4H2,(H2,12,14,15)(H2,17,18,19);;/q;2*+1/p-2/t5-,6+;;/m1../s1. The number of nitrogen functional groups attached to an aromatic ring is 1. The van der Waals surface area contributed by atoms with Crippen molar-refractivity contribution in [2.75, 3.05) is 12.1 Å². The Kier molecular flexibility index (Phi) is 8.34. The molecule has 0 fully saturated rings. The Morgan fingerprint density at radius 2 is 2.08 bits per heavy atom. The van der Waals surface area contributed by atoms with Crippen LogP contribution in [-0.2, 0) is 14.0 Å². The van der Waals surface area contributed by atoms with E-state index in [9.17, 15) is 14.4 Å². The molecule has 0 aliphatic carbocycles. The molecule has 0 saturated carbocycles. The number of nitrogens with zero attached hydrogens (tertiary/aromatic N) is 4. The van der Waals surface area contributed by atoms with E-state index in [1.807, 2.05) is 0 Å². The van der Waals surface area contributed by atoms with Crippen LogP contribution in [0.3, 0.4) is 0 Å². The summed E-state index contributed by atoms with van der Waals surface area (Å²) in [6, 6.07) is 0. The van der Waals surface area contributed by atoms with Gasteiger partial charge >= 0.3 is 59.1 Å². The maximum Gasteiger partial charge on any atom is 1.00 e. The number of imidazole rings is 1. The van der Waals surface area contributed by atoms with Crippen molar-refractivity contribution >= 4 is 36.2 Å². The van der Waals surface area contributed by atoms with E-state index in [2.05, 4.69) is 15.0 Å². The zero-order valence-corrected chi connectivity index (χ0v) is 18.5. The van der Waals surface area contributed by atoms with E-state index in [0.717, 1.165) is 0 Å². The SMILES string of the molecule is Nc1nc(Cl)nc2c1ncn2[C@H]1C=C[C@@H](OCP(=O)([O-])[O-])O1.[Na+].[Na+]. The Morgan fingerprint density at radius 1 is 1.38 bits per heavy atom. The van der Waals surface area contributed by atoms with Crippen LogP contribution in [-0.4, -0.2) is 32.2 Å². The molecule has 3 rings (SSSR count). The number of rotatable bonds is 4. The molecule has 0 amide bonds. The average molecular weight is 392 g/mol. The minimum absolute atomic E-state index is 0. The fraction of sp³-hybridized carbons (Fsp3) is 0.300. The van der Waals surface area contributed by atoms with Crippen molar-refractivity contribution in [1.29, 1.82) is 0 Å². The number of hydrogen-bond donors (Lipinski definition) is 1. The quantitative estimate of drug-likeness (QED) is 0.232. The normalized spacial score (nSPS) is 20.0. The van der Waals surface area contributed by atoms with Crippen LogP contribution in [0, 0.1) is 0 Å². The molecule has 2 aromatic rings.